The van der Waals surface area contributed by atoms with Crippen molar-refractivity contribution in [2.75, 3.05) is 0 Å². The van der Waals surface area contributed by atoms with Crippen molar-refractivity contribution in [2.45, 2.75) is 6.92 Å². The predicted octanol–water partition coefficient (Wildman–Crippen LogP) is 0.791. The van der Waals surface area contributed by atoms with Crippen LogP contribution in [-0.2, 0) is 7.05 Å². The van der Waals surface area contributed by atoms with Crippen molar-refractivity contribution in [1.82, 2.24) is 9.46 Å². The third-order valence-electron chi connectivity index (χ3n) is 1.17. The number of hydrogen-bond acceptors (Lipinski definition) is 1. The zero-order chi connectivity index (χ0) is 6.69. The molecule has 0 saturated heterocycles. The zero-order valence-corrected chi connectivity index (χ0v) is 5.70. The van der Waals surface area contributed by atoms with Crippen LogP contribution >= 0.6 is 0 Å². The second kappa shape index (κ2) is 2.62. The van der Waals surface area contributed by atoms with Gasteiger partial charge in [-0.15, -0.1) is 0 Å². The minimum absolute atomic E-state index is 0.998. The van der Waals surface area contributed by atoms with Gasteiger partial charge < -0.3 is 0 Å². The standard InChI is InChI=1S/C6H9BN2/c1-3-4-6-8-7-5-9(6)2/h3-5H,1-2H3/b4-3-. The average molecular weight is 120 g/mol. The first-order valence-corrected chi connectivity index (χ1v) is 2.94. The fraction of sp³-hybridized carbons (Fsp3) is 0.333. The summed E-state index contributed by atoms with van der Waals surface area (Å²) in [4.78, 5) is 4.08. The van der Waals surface area contributed by atoms with Crippen LogP contribution in [0.5, 0.6) is 0 Å². The van der Waals surface area contributed by atoms with Gasteiger partial charge in [-0.3, -0.25) is 0 Å². The van der Waals surface area contributed by atoms with Crippen molar-refractivity contribution in [3.8, 4) is 0 Å². The molecule has 0 aliphatic heterocycles. The quantitative estimate of drug-likeness (QED) is 0.535. The molecule has 3 heteroatoms. The van der Waals surface area contributed by atoms with Crippen molar-refractivity contribution < 1.29 is 0 Å². The van der Waals surface area contributed by atoms with Crippen LogP contribution in [0.3, 0.4) is 0 Å². The maximum absolute atomic E-state index is 4.08. The molecule has 1 heterocycles. The average Bonchev–Trinajstić information content (AvgIpc) is 2.18. The molecule has 1 aromatic heterocycles. The Labute approximate surface area is 55.5 Å². The summed E-state index contributed by atoms with van der Waals surface area (Å²) in [5.41, 5.74) is 0. The summed E-state index contributed by atoms with van der Waals surface area (Å²) in [6.07, 6.45) is 5.87. The van der Waals surface area contributed by atoms with Gasteiger partial charge in [0.05, 0.1) is 0 Å². The van der Waals surface area contributed by atoms with Gasteiger partial charge in [-0.25, -0.2) is 0 Å². The number of aryl methyl sites for hydroxylation is 1. The first-order chi connectivity index (χ1) is 4.34. The summed E-state index contributed by atoms with van der Waals surface area (Å²) < 4.78 is 1.97. The predicted molar refractivity (Wildman–Crippen MR) is 39.3 cm³/mol. The molecule has 1 rings (SSSR count). The molecule has 0 aliphatic rings. The van der Waals surface area contributed by atoms with E-state index < -0.39 is 0 Å². The van der Waals surface area contributed by atoms with Crippen LogP contribution in [0, 0.1) is 0 Å². The molecule has 0 bridgehead atoms. The molecule has 0 N–H and O–H groups in total. The number of rotatable bonds is 1. The third-order valence-corrected chi connectivity index (χ3v) is 1.17. The molecule has 46 valence electrons. The summed E-state index contributed by atoms with van der Waals surface area (Å²) in [6.45, 7) is 1.98. The molecular formula is C6H9BN2. The Kier molecular flexibility index (Phi) is 1.83. The Morgan fingerprint density at radius 3 is 3.00 bits per heavy atom. The molecule has 0 fully saturated rings. The molecule has 0 spiro atoms. The molecule has 0 radical (unpaired) electrons. The van der Waals surface area contributed by atoms with E-state index >= 15 is 0 Å². The van der Waals surface area contributed by atoms with Gasteiger partial charge >= 0.3 is 54.6 Å². The van der Waals surface area contributed by atoms with E-state index in [0.29, 0.717) is 0 Å². The van der Waals surface area contributed by atoms with Crippen LogP contribution < -0.4 is 0 Å². The Morgan fingerprint density at radius 1 is 1.78 bits per heavy atom. The van der Waals surface area contributed by atoms with Crippen LogP contribution in [0.2, 0.25) is 0 Å². The van der Waals surface area contributed by atoms with Gasteiger partial charge in [0.1, 0.15) is 0 Å². The van der Waals surface area contributed by atoms with E-state index in [9.17, 15) is 0 Å². The van der Waals surface area contributed by atoms with Gasteiger partial charge in [-0.1, -0.05) is 0 Å². The Balaban J connectivity index is 2.94. The molecule has 0 aromatic carbocycles. The van der Waals surface area contributed by atoms with Crippen molar-refractivity contribution in [1.29, 1.82) is 0 Å². The molecular weight excluding hydrogens is 111 g/mol. The van der Waals surface area contributed by atoms with Gasteiger partial charge in [0.15, 0.2) is 0 Å². The monoisotopic (exact) mass is 120 g/mol. The number of aromatic nitrogens is 2. The van der Waals surface area contributed by atoms with Crippen LogP contribution in [0.1, 0.15) is 12.7 Å². The summed E-state index contributed by atoms with van der Waals surface area (Å²) in [5.74, 6) is 0.998. The van der Waals surface area contributed by atoms with E-state index in [1.54, 1.807) is 7.05 Å². The number of nitrogens with zero attached hydrogens (tertiary/aromatic N) is 2. The van der Waals surface area contributed by atoms with Gasteiger partial charge in [0.2, 0.25) is 0 Å². The van der Waals surface area contributed by atoms with Crippen molar-refractivity contribution in [2.24, 2.45) is 7.05 Å². The first kappa shape index (κ1) is 6.27. The Bertz CT molecular complexity index is 215. The summed E-state index contributed by atoms with van der Waals surface area (Å²) >= 11 is 0. The normalized spacial score (nSPS) is 10.4. The molecule has 0 amide bonds. The van der Waals surface area contributed by atoms with E-state index in [4.69, 9.17) is 0 Å². The topological polar surface area (TPSA) is 17.8 Å². The molecule has 1 aromatic rings. The third kappa shape index (κ3) is 1.28. The van der Waals surface area contributed by atoms with Crippen molar-refractivity contribution >= 4 is 13.1 Å². The molecule has 0 unspecified atom stereocenters. The van der Waals surface area contributed by atoms with Gasteiger partial charge in [-0.05, 0) is 0 Å². The zero-order valence-electron chi connectivity index (χ0n) is 5.70. The SMILES string of the molecule is C/C=C\c1nbcn1C. The Morgan fingerprint density at radius 2 is 2.56 bits per heavy atom. The second-order valence-corrected chi connectivity index (χ2v) is 1.90. The maximum atomic E-state index is 4.08. The molecule has 2 nitrogen and oxygen atoms in total. The van der Waals surface area contributed by atoms with Crippen LogP contribution in [0.25, 0.3) is 6.08 Å². The van der Waals surface area contributed by atoms with E-state index in [-0.39, 0.29) is 0 Å². The van der Waals surface area contributed by atoms with E-state index in [0.717, 1.165) is 5.82 Å². The fourth-order valence-electron chi connectivity index (χ4n) is 0.687. The summed E-state index contributed by atoms with van der Waals surface area (Å²) in [6, 6.07) is 0. The van der Waals surface area contributed by atoms with Gasteiger partial charge in [0, 0.05) is 0 Å². The minimum atomic E-state index is 0.998. The molecule has 9 heavy (non-hydrogen) atoms. The molecule has 0 atom stereocenters. The van der Waals surface area contributed by atoms with Crippen LogP contribution in [0.4, 0.5) is 0 Å². The first-order valence-electron chi connectivity index (χ1n) is 2.94. The van der Waals surface area contributed by atoms with Crippen LogP contribution in [-0.4, -0.2) is 16.5 Å². The summed E-state index contributed by atoms with van der Waals surface area (Å²) in [7, 11) is 3.76. The fourth-order valence-corrected chi connectivity index (χ4v) is 0.687. The summed E-state index contributed by atoms with van der Waals surface area (Å²) in [5, 5.41) is 0. The molecule has 0 saturated carbocycles. The van der Waals surface area contributed by atoms with Crippen LogP contribution in [0.15, 0.2) is 12.2 Å². The van der Waals surface area contributed by atoms with Gasteiger partial charge in [0.25, 0.3) is 0 Å². The van der Waals surface area contributed by atoms with Crippen molar-refractivity contribution in [3.05, 3.63) is 18.0 Å². The van der Waals surface area contributed by atoms with E-state index in [1.165, 1.54) is 0 Å². The van der Waals surface area contributed by atoms with Gasteiger partial charge in [-0.2, -0.15) is 0 Å². The van der Waals surface area contributed by atoms with E-state index in [2.05, 4.69) is 4.89 Å². The Hall–Kier alpha value is -0.855. The second-order valence-electron chi connectivity index (χ2n) is 1.90. The van der Waals surface area contributed by atoms with E-state index in [1.807, 2.05) is 36.8 Å². The number of allylic oxidation sites excluding steroid dienone is 1. The molecule has 0 aliphatic carbocycles. The van der Waals surface area contributed by atoms with Crippen molar-refractivity contribution in [3.63, 3.8) is 0 Å². The number of hydrogen-bond donors (Lipinski definition) is 0.